The third-order valence-corrected chi connectivity index (χ3v) is 4.62. The number of hydrogen-bond donors (Lipinski definition) is 3. The van der Waals surface area contributed by atoms with E-state index in [1.165, 1.54) is 11.0 Å². The van der Waals surface area contributed by atoms with Crippen LogP contribution in [0.3, 0.4) is 0 Å². The van der Waals surface area contributed by atoms with Crippen LogP contribution >= 0.6 is 0 Å². The van der Waals surface area contributed by atoms with Gasteiger partial charge in [-0.2, -0.15) is 13.2 Å². The standard InChI is InChI=1S/C19H21F3N2O6/c1-18(2)7-12(25)15(16(28)23-8-14(26)27)17(29)24(18)9-10-4-5-11(19(20,21)22)13(6-10)30-3/h4-6,25H,7-9H2,1-3H3,(H,23,28)(H,26,27). The van der Waals surface area contributed by atoms with Crippen molar-refractivity contribution in [3.8, 4) is 5.75 Å². The summed E-state index contributed by atoms with van der Waals surface area (Å²) >= 11 is 0. The number of alkyl halides is 3. The van der Waals surface area contributed by atoms with Gasteiger partial charge in [0, 0.05) is 18.5 Å². The van der Waals surface area contributed by atoms with Gasteiger partial charge in [0.2, 0.25) is 0 Å². The number of hydrogen-bond acceptors (Lipinski definition) is 5. The molecule has 0 radical (unpaired) electrons. The van der Waals surface area contributed by atoms with E-state index >= 15 is 0 Å². The van der Waals surface area contributed by atoms with Crippen molar-refractivity contribution in [2.45, 2.75) is 38.5 Å². The molecule has 3 N–H and O–H groups in total. The number of nitrogens with zero attached hydrogens (tertiary/aromatic N) is 1. The molecule has 0 atom stereocenters. The van der Waals surface area contributed by atoms with E-state index in [1.54, 1.807) is 13.8 Å². The van der Waals surface area contributed by atoms with Crippen LogP contribution in [-0.2, 0) is 27.1 Å². The molecule has 164 valence electrons. The molecule has 11 heteroatoms. The summed E-state index contributed by atoms with van der Waals surface area (Å²) in [6.45, 7) is 2.33. The van der Waals surface area contributed by atoms with Crippen molar-refractivity contribution in [2.75, 3.05) is 13.7 Å². The van der Waals surface area contributed by atoms with E-state index in [0.29, 0.717) is 5.56 Å². The Labute approximate surface area is 169 Å². The minimum Gasteiger partial charge on any atom is -0.511 e. The number of carboxylic acid groups (broad SMARTS) is 1. The Bertz CT molecular complexity index is 908. The van der Waals surface area contributed by atoms with Crippen molar-refractivity contribution >= 4 is 17.8 Å². The van der Waals surface area contributed by atoms with Crippen LogP contribution in [0.15, 0.2) is 29.5 Å². The number of carboxylic acids is 1. The lowest BCUT2D eigenvalue weighted by atomic mass is 9.88. The molecule has 30 heavy (non-hydrogen) atoms. The van der Waals surface area contributed by atoms with E-state index < -0.39 is 58.7 Å². The number of rotatable bonds is 6. The van der Waals surface area contributed by atoms with E-state index in [9.17, 15) is 32.7 Å². The highest BCUT2D eigenvalue weighted by Crippen LogP contribution is 2.38. The van der Waals surface area contributed by atoms with Crippen molar-refractivity contribution in [1.82, 2.24) is 10.2 Å². The first-order valence-electron chi connectivity index (χ1n) is 8.76. The van der Waals surface area contributed by atoms with Gasteiger partial charge in [-0.15, -0.1) is 0 Å². The van der Waals surface area contributed by atoms with Crippen LogP contribution in [0.2, 0.25) is 0 Å². The van der Waals surface area contributed by atoms with E-state index in [-0.39, 0.29) is 13.0 Å². The number of ether oxygens (including phenoxy) is 1. The smallest absolute Gasteiger partial charge is 0.419 e. The van der Waals surface area contributed by atoms with Crippen LogP contribution in [0.4, 0.5) is 13.2 Å². The van der Waals surface area contributed by atoms with Gasteiger partial charge in [-0.3, -0.25) is 14.4 Å². The molecular formula is C19H21F3N2O6. The number of aliphatic hydroxyl groups is 1. The minimum absolute atomic E-state index is 0.105. The molecule has 0 aliphatic carbocycles. The van der Waals surface area contributed by atoms with Crippen LogP contribution < -0.4 is 10.1 Å². The topological polar surface area (TPSA) is 116 Å². The Morgan fingerprint density at radius 1 is 1.30 bits per heavy atom. The second-order valence-corrected chi connectivity index (χ2v) is 7.31. The number of halogens is 3. The van der Waals surface area contributed by atoms with Gasteiger partial charge in [-0.05, 0) is 31.5 Å². The number of carbonyl (C=O) groups excluding carboxylic acids is 2. The van der Waals surface area contributed by atoms with Gasteiger partial charge in [0.25, 0.3) is 11.8 Å². The lowest BCUT2D eigenvalue weighted by Gasteiger charge is -2.42. The molecule has 1 aliphatic rings. The molecule has 0 bridgehead atoms. The lowest BCUT2D eigenvalue weighted by Crippen LogP contribution is -2.53. The average Bonchev–Trinajstić information content (AvgIpc) is 2.61. The third-order valence-electron chi connectivity index (χ3n) is 4.62. The highest BCUT2D eigenvalue weighted by Gasteiger charge is 2.42. The first-order valence-corrected chi connectivity index (χ1v) is 8.76. The molecule has 0 unspecified atom stereocenters. The summed E-state index contributed by atoms with van der Waals surface area (Å²) in [5.41, 5.74) is -2.22. The Hall–Kier alpha value is -3.24. The first-order chi connectivity index (χ1) is 13.8. The zero-order valence-corrected chi connectivity index (χ0v) is 16.5. The molecule has 1 aliphatic heterocycles. The molecule has 0 aromatic heterocycles. The second-order valence-electron chi connectivity index (χ2n) is 7.31. The first kappa shape index (κ1) is 23.0. The SMILES string of the molecule is COc1cc(CN2C(=O)C(C(=O)NCC(=O)O)=C(O)CC2(C)C)ccc1C(F)(F)F. The van der Waals surface area contributed by atoms with Crippen LogP contribution in [0, 0.1) is 0 Å². The molecule has 1 aromatic carbocycles. The summed E-state index contributed by atoms with van der Waals surface area (Å²) in [6.07, 6.45) is -4.72. The summed E-state index contributed by atoms with van der Waals surface area (Å²) in [6, 6.07) is 3.18. The van der Waals surface area contributed by atoms with Gasteiger partial charge >= 0.3 is 12.1 Å². The van der Waals surface area contributed by atoms with Gasteiger partial charge in [-0.25, -0.2) is 0 Å². The maximum atomic E-state index is 13.1. The van der Waals surface area contributed by atoms with Gasteiger partial charge in [0.15, 0.2) is 0 Å². The maximum absolute atomic E-state index is 13.1. The van der Waals surface area contributed by atoms with E-state index in [2.05, 4.69) is 0 Å². The average molecular weight is 430 g/mol. The number of aliphatic hydroxyl groups excluding tert-OH is 1. The van der Waals surface area contributed by atoms with E-state index in [4.69, 9.17) is 9.84 Å². The fourth-order valence-electron chi connectivity index (χ4n) is 3.14. The minimum atomic E-state index is -4.62. The van der Waals surface area contributed by atoms with Crippen molar-refractivity contribution < 1.29 is 42.5 Å². The predicted octanol–water partition coefficient (Wildman–Crippen LogP) is 2.24. The molecule has 8 nitrogen and oxygen atoms in total. The van der Waals surface area contributed by atoms with E-state index in [0.717, 1.165) is 19.2 Å². The number of aliphatic carboxylic acids is 1. The monoisotopic (exact) mass is 430 g/mol. The third kappa shape index (κ3) is 4.84. The van der Waals surface area contributed by atoms with Gasteiger partial charge < -0.3 is 25.2 Å². The number of carbonyl (C=O) groups is 3. The number of benzene rings is 1. The highest BCUT2D eigenvalue weighted by molar-refractivity contribution is 6.19. The molecule has 2 amide bonds. The molecule has 1 heterocycles. The van der Waals surface area contributed by atoms with Crippen LogP contribution in [-0.4, -0.2) is 52.1 Å². The molecule has 0 saturated carbocycles. The zero-order chi connectivity index (χ0) is 22.9. The van der Waals surface area contributed by atoms with Crippen molar-refractivity contribution in [2.24, 2.45) is 0 Å². The molecule has 1 aromatic rings. The largest absolute Gasteiger partial charge is 0.511 e. The normalized spacial score (nSPS) is 16.5. The molecule has 0 spiro atoms. The van der Waals surface area contributed by atoms with Crippen molar-refractivity contribution in [3.05, 3.63) is 40.7 Å². The fraction of sp³-hybridized carbons (Fsp3) is 0.421. The van der Waals surface area contributed by atoms with Gasteiger partial charge in [0.05, 0.1) is 12.7 Å². The summed E-state index contributed by atoms with van der Waals surface area (Å²) in [7, 11) is 1.09. The number of methoxy groups -OCH3 is 1. The summed E-state index contributed by atoms with van der Waals surface area (Å²) in [5.74, 6) is -4.16. The molecule has 0 fully saturated rings. The van der Waals surface area contributed by atoms with E-state index in [1.807, 2.05) is 5.32 Å². The van der Waals surface area contributed by atoms with Gasteiger partial charge in [-0.1, -0.05) is 6.07 Å². The number of amides is 2. The summed E-state index contributed by atoms with van der Waals surface area (Å²) in [5, 5.41) is 20.9. The summed E-state index contributed by atoms with van der Waals surface area (Å²) in [4.78, 5) is 37.0. The fourth-order valence-corrected chi connectivity index (χ4v) is 3.14. The Balaban J connectivity index is 2.36. The van der Waals surface area contributed by atoms with Crippen LogP contribution in [0.25, 0.3) is 0 Å². The maximum Gasteiger partial charge on any atom is 0.419 e. The van der Waals surface area contributed by atoms with Crippen LogP contribution in [0.5, 0.6) is 5.75 Å². The van der Waals surface area contributed by atoms with Crippen LogP contribution in [0.1, 0.15) is 31.4 Å². The lowest BCUT2D eigenvalue weighted by molar-refractivity contribution is -0.140. The number of nitrogens with one attached hydrogen (secondary N) is 1. The predicted molar refractivity (Wildman–Crippen MR) is 97.5 cm³/mol. The molecular weight excluding hydrogens is 409 g/mol. The Morgan fingerprint density at radius 3 is 2.47 bits per heavy atom. The Kier molecular flexibility index (Phi) is 6.33. The summed E-state index contributed by atoms with van der Waals surface area (Å²) < 4.78 is 44.0. The van der Waals surface area contributed by atoms with Crippen molar-refractivity contribution in [3.63, 3.8) is 0 Å². The van der Waals surface area contributed by atoms with Gasteiger partial charge in [0.1, 0.15) is 23.6 Å². The second kappa shape index (κ2) is 8.25. The molecule has 2 rings (SSSR count). The Morgan fingerprint density at radius 2 is 1.93 bits per heavy atom. The molecule has 0 saturated heterocycles. The zero-order valence-electron chi connectivity index (χ0n) is 16.5. The highest BCUT2D eigenvalue weighted by atomic mass is 19.4. The quantitative estimate of drug-likeness (QED) is 0.596. The van der Waals surface area contributed by atoms with Crippen molar-refractivity contribution in [1.29, 1.82) is 0 Å².